The number of hydrogen-bond donors (Lipinski definition) is 0. The van der Waals surface area contributed by atoms with E-state index in [-0.39, 0.29) is 5.28 Å². The van der Waals surface area contributed by atoms with Gasteiger partial charge in [0.1, 0.15) is 0 Å². The van der Waals surface area contributed by atoms with Crippen molar-refractivity contribution in [2.75, 3.05) is 6.61 Å². The van der Waals surface area contributed by atoms with Gasteiger partial charge in [-0.3, -0.25) is 0 Å². The quantitative estimate of drug-likeness (QED) is 0.265. The fraction of sp³-hybridized carbons (Fsp3) is 0.810. The number of aryl methyl sites for hydroxylation is 1. The van der Waals surface area contributed by atoms with Crippen LogP contribution in [0.5, 0.6) is 5.88 Å². The molecule has 4 heteroatoms. The number of aromatic nitrogens is 2. The number of ether oxygens (including phenoxy) is 1. The van der Waals surface area contributed by atoms with Crippen molar-refractivity contribution in [3.63, 3.8) is 0 Å². The maximum absolute atomic E-state index is 5.73. The van der Waals surface area contributed by atoms with Gasteiger partial charge in [-0.2, -0.15) is 4.98 Å². The summed E-state index contributed by atoms with van der Waals surface area (Å²) >= 11 is 5.73. The Kier molecular flexibility index (Phi) is 17.4. The maximum atomic E-state index is 5.73. The Bertz CT molecular complexity index is 387. The van der Waals surface area contributed by atoms with Gasteiger partial charge in [-0.1, -0.05) is 91.4 Å². The van der Waals surface area contributed by atoms with Crippen molar-refractivity contribution < 1.29 is 4.74 Å². The molecule has 1 heterocycles. The molecule has 0 atom stereocenters. The van der Waals surface area contributed by atoms with Crippen LogP contribution in [-0.2, 0) is 0 Å². The highest BCUT2D eigenvalue weighted by atomic mass is 35.5. The minimum absolute atomic E-state index is 0.251. The molecule has 25 heavy (non-hydrogen) atoms. The first-order valence-electron chi connectivity index (χ1n) is 10.3. The summed E-state index contributed by atoms with van der Waals surface area (Å²) in [5.41, 5.74) is 0.834. The molecule has 0 N–H and O–H groups in total. The van der Waals surface area contributed by atoms with Crippen LogP contribution in [0.3, 0.4) is 0 Å². The van der Waals surface area contributed by atoms with Crippen LogP contribution in [0, 0.1) is 6.92 Å². The molecule has 0 saturated carbocycles. The summed E-state index contributed by atoms with van der Waals surface area (Å²) in [7, 11) is 0. The van der Waals surface area contributed by atoms with E-state index in [4.69, 9.17) is 16.3 Å². The van der Waals surface area contributed by atoms with E-state index in [1.807, 2.05) is 6.92 Å². The van der Waals surface area contributed by atoms with Gasteiger partial charge in [0, 0.05) is 11.8 Å². The second kappa shape index (κ2) is 18.0. The van der Waals surface area contributed by atoms with E-state index in [0.717, 1.165) is 12.1 Å². The van der Waals surface area contributed by atoms with Gasteiger partial charge in [0.05, 0.1) is 6.61 Å². The second-order valence-corrected chi connectivity index (χ2v) is 6.99. The Morgan fingerprint density at radius 1 is 0.760 bits per heavy atom. The van der Waals surface area contributed by atoms with Gasteiger partial charge in [-0.25, -0.2) is 4.98 Å². The lowest BCUT2D eigenvalue weighted by atomic mass is 10.1. The van der Waals surface area contributed by atoms with Crippen molar-refractivity contribution in [1.29, 1.82) is 0 Å². The van der Waals surface area contributed by atoms with Gasteiger partial charge < -0.3 is 4.74 Å². The first-order chi connectivity index (χ1) is 12.1. The van der Waals surface area contributed by atoms with Gasteiger partial charge in [0.15, 0.2) is 0 Å². The molecule has 0 bridgehead atoms. The number of halogens is 1. The van der Waals surface area contributed by atoms with Crippen LogP contribution < -0.4 is 4.74 Å². The van der Waals surface area contributed by atoms with Crippen molar-refractivity contribution >= 4 is 11.6 Å². The predicted molar refractivity (Wildman–Crippen MR) is 110 cm³/mol. The Morgan fingerprint density at radius 3 is 1.72 bits per heavy atom. The van der Waals surface area contributed by atoms with E-state index in [2.05, 4.69) is 30.7 Å². The third-order valence-corrected chi connectivity index (χ3v) is 4.18. The number of nitrogens with zero attached hydrogens (tertiary/aromatic N) is 2. The number of rotatable bonds is 13. The average molecular weight is 371 g/mol. The van der Waals surface area contributed by atoms with Crippen molar-refractivity contribution in [2.45, 2.75) is 105 Å². The molecule has 0 saturated heterocycles. The Labute approximate surface area is 160 Å². The third-order valence-electron chi connectivity index (χ3n) is 4.01. The van der Waals surface area contributed by atoms with Crippen molar-refractivity contribution in [2.24, 2.45) is 0 Å². The van der Waals surface area contributed by atoms with Gasteiger partial charge >= 0.3 is 0 Å². The van der Waals surface area contributed by atoms with Gasteiger partial charge in [-0.15, -0.1) is 0 Å². The fourth-order valence-electron chi connectivity index (χ4n) is 2.49. The zero-order valence-electron chi connectivity index (χ0n) is 17.0. The third kappa shape index (κ3) is 16.4. The highest BCUT2D eigenvalue weighted by Crippen LogP contribution is 2.12. The monoisotopic (exact) mass is 370 g/mol. The van der Waals surface area contributed by atoms with E-state index in [1.54, 1.807) is 6.07 Å². The lowest BCUT2D eigenvalue weighted by Gasteiger charge is -2.05. The molecule has 1 aromatic heterocycles. The standard InChI is InChI=1S/C12H19ClN2O.C9H20/c1-3-4-5-6-7-8-16-11-9-10(2)14-12(13)15-11;1-3-5-7-9-8-6-4-2/h9H,3-8H2,1-2H3;3-9H2,1-2H3. The molecule has 1 aromatic rings. The van der Waals surface area contributed by atoms with Crippen LogP contribution in [-0.4, -0.2) is 16.6 Å². The summed E-state index contributed by atoms with van der Waals surface area (Å²) in [6, 6.07) is 1.80. The molecular formula is C21H39ClN2O. The maximum Gasteiger partial charge on any atom is 0.225 e. The van der Waals surface area contributed by atoms with Crippen LogP contribution >= 0.6 is 11.6 Å². The van der Waals surface area contributed by atoms with E-state index in [1.165, 1.54) is 70.6 Å². The SMILES string of the molecule is CCCCCCCCC.CCCCCCCOc1cc(C)nc(Cl)n1. The van der Waals surface area contributed by atoms with E-state index in [9.17, 15) is 0 Å². The zero-order chi connectivity index (χ0) is 18.8. The fourth-order valence-corrected chi connectivity index (χ4v) is 2.71. The van der Waals surface area contributed by atoms with Crippen LogP contribution in [0.25, 0.3) is 0 Å². The van der Waals surface area contributed by atoms with Crippen LogP contribution in [0.2, 0.25) is 5.28 Å². The molecule has 0 aromatic carbocycles. The molecule has 0 aliphatic rings. The first kappa shape index (κ1) is 24.2. The minimum Gasteiger partial charge on any atom is -0.478 e. The number of unbranched alkanes of at least 4 members (excludes halogenated alkanes) is 10. The summed E-state index contributed by atoms with van der Waals surface area (Å²) in [4.78, 5) is 7.98. The van der Waals surface area contributed by atoms with Crippen LogP contribution in [0.1, 0.15) is 104 Å². The average Bonchev–Trinajstić information content (AvgIpc) is 2.58. The smallest absolute Gasteiger partial charge is 0.225 e. The summed E-state index contributed by atoms with van der Waals surface area (Å²) < 4.78 is 5.51. The minimum atomic E-state index is 0.251. The molecule has 0 fully saturated rings. The zero-order valence-corrected chi connectivity index (χ0v) is 17.7. The van der Waals surface area contributed by atoms with Gasteiger partial charge in [0.2, 0.25) is 11.2 Å². The van der Waals surface area contributed by atoms with E-state index in [0.29, 0.717) is 12.5 Å². The van der Waals surface area contributed by atoms with Gasteiger partial charge in [0.25, 0.3) is 0 Å². The predicted octanol–water partition coefficient (Wildman–Crippen LogP) is 7.54. The van der Waals surface area contributed by atoms with Crippen molar-refractivity contribution in [1.82, 2.24) is 9.97 Å². The molecule has 3 nitrogen and oxygen atoms in total. The van der Waals surface area contributed by atoms with Crippen molar-refractivity contribution in [3.05, 3.63) is 17.0 Å². The van der Waals surface area contributed by atoms with Crippen LogP contribution in [0.4, 0.5) is 0 Å². The summed E-state index contributed by atoms with van der Waals surface area (Å²) in [6.45, 7) is 9.32. The summed E-state index contributed by atoms with van der Waals surface area (Å²) in [5.74, 6) is 0.577. The van der Waals surface area contributed by atoms with E-state index < -0.39 is 0 Å². The van der Waals surface area contributed by atoms with E-state index >= 15 is 0 Å². The molecule has 0 amide bonds. The number of hydrogen-bond acceptors (Lipinski definition) is 3. The largest absolute Gasteiger partial charge is 0.478 e. The molecule has 0 spiro atoms. The molecule has 0 aliphatic heterocycles. The van der Waals surface area contributed by atoms with Gasteiger partial charge in [-0.05, 0) is 24.9 Å². The second-order valence-electron chi connectivity index (χ2n) is 6.65. The Balaban J connectivity index is 0.000000547. The molecule has 146 valence electrons. The summed E-state index contributed by atoms with van der Waals surface area (Å²) in [5, 5.41) is 0.251. The molecular weight excluding hydrogens is 332 g/mol. The highest BCUT2D eigenvalue weighted by molar-refractivity contribution is 6.28. The molecule has 0 aliphatic carbocycles. The molecule has 1 rings (SSSR count). The van der Waals surface area contributed by atoms with Crippen LogP contribution in [0.15, 0.2) is 6.07 Å². The lowest BCUT2D eigenvalue weighted by molar-refractivity contribution is 0.292. The molecule has 0 radical (unpaired) electrons. The van der Waals surface area contributed by atoms with Crippen molar-refractivity contribution in [3.8, 4) is 5.88 Å². The highest BCUT2D eigenvalue weighted by Gasteiger charge is 2.00. The normalized spacial score (nSPS) is 10.3. The Hall–Kier alpha value is -0.830. The Morgan fingerprint density at radius 2 is 1.24 bits per heavy atom. The topological polar surface area (TPSA) is 35.0 Å². The lowest BCUT2D eigenvalue weighted by Crippen LogP contribution is -2.00. The molecule has 0 unspecified atom stereocenters. The summed E-state index contributed by atoms with van der Waals surface area (Å²) in [6.07, 6.45) is 16.1. The first-order valence-corrected chi connectivity index (χ1v) is 10.7.